The topological polar surface area (TPSA) is 0 Å². The first-order valence-electron chi connectivity index (χ1n) is 12.1. The summed E-state index contributed by atoms with van der Waals surface area (Å²) in [6.07, 6.45) is 3.82. The van der Waals surface area contributed by atoms with Crippen molar-refractivity contribution in [2.75, 3.05) is 0 Å². The zero-order chi connectivity index (χ0) is 23.3. The molecule has 0 N–H and O–H groups in total. The molecule has 34 heavy (non-hydrogen) atoms. The van der Waals surface area contributed by atoms with E-state index in [-0.39, 0.29) is 0 Å². The van der Waals surface area contributed by atoms with Gasteiger partial charge in [0.2, 0.25) is 0 Å². The van der Waals surface area contributed by atoms with Crippen molar-refractivity contribution in [3.63, 3.8) is 0 Å². The van der Waals surface area contributed by atoms with Gasteiger partial charge in [0, 0.05) is 5.92 Å². The molecule has 5 rings (SSSR count). The minimum atomic E-state index is 0.363. The Hall–Kier alpha value is -3.90. The van der Waals surface area contributed by atoms with Crippen LogP contribution >= 0.6 is 0 Å². The van der Waals surface area contributed by atoms with Gasteiger partial charge in [0.25, 0.3) is 0 Å². The van der Waals surface area contributed by atoms with E-state index in [4.69, 9.17) is 0 Å². The zero-order valence-electron chi connectivity index (χ0n) is 19.7. The molecule has 0 heterocycles. The molecule has 0 fully saturated rings. The smallest absolute Gasteiger partial charge is 0.00611 e. The van der Waals surface area contributed by atoms with Gasteiger partial charge in [-0.05, 0) is 62.6 Å². The van der Waals surface area contributed by atoms with Crippen LogP contribution in [0.5, 0.6) is 0 Å². The van der Waals surface area contributed by atoms with E-state index in [0.717, 1.165) is 12.8 Å². The second kappa shape index (κ2) is 9.93. The Bertz CT molecular complexity index is 1400. The van der Waals surface area contributed by atoms with Crippen molar-refractivity contribution in [1.29, 1.82) is 0 Å². The Labute approximate surface area is 203 Å². The van der Waals surface area contributed by atoms with E-state index in [9.17, 15) is 0 Å². The van der Waals surface area contributed by atoms with Crippen molar-refractivity contribution in [3.8, 4) is 11.1 Å². The minimum absolute atomic E-state index is 0.363. The summed E-state index contributed by atoms with van der Waals surface area (Å²) < 4.78 is 0. The molecule has 0 amide bonds. The second-order valence-corrected chi connectivity index (χ2v) is 9.09. The predicted molar refractivity (Wildman–Crippen MR) is 146 cm³/mol. The van der Waals surface area contributed by atoms with Crippen LogP contribution in [0.2, 0.25) is 0 Å². The highest BCUT2D eigenvalue weighted by Gasteiger charge is 2.10. The Morgan fingerprint density at radius 1 is 0.647 bits per heavy atom. The highest BCUT2D eigenvalue weighted by molar-refractivity contribution is 5.86. The average molecular weight is 439 g/mol. The van der Waals surface area contributed by atoms with Gasteiger partial charge in [-0.25, -0.2) is 0 Å². The largest absolute Gasteiger partial charge is 0.103 e. The van der Waals surface area contributed by atoms with Crippen LogP contribution in [0, 0.1) is 0 Å². The molecule has 166 valence electrons. The van der Waals surface area contributed by atoms with Gasteiger partial charge < -0.3 is 0 Å². The molecule has 5 aromatic rings. The first kappa shape index (κ1) is 21.9. The fourth-order valence-corrected chi connectivity index (χ4v) is 4.79. The summed E-state index contributed by atoms with van der Waals surface area (Å²) in [5, 5.41) is 2.65. The Balaban J connectivity index is 1.32. The third kappa shape index (κ3) is 4.72. The molecule has 0 heteroatoms. The third-order valence-corrected chi connectivity index (χ3v) is 6.80. The van der Waals surface area contributed by atoms with Crippen LogP contribution in [0.25, 0.3) is 21.9 Å². The first-order chi connectivity index (χ1) is 16.7. The summed E-state index contributed by atoms with van der Waals surface area (Å²) in [6.45, 7) is 6.15. The standard InChI is InChI=1S/C34H30/c1-3-8-26-9-6-12-32(23-26)25(2)28-19-21-30(22-20-28)29-17-15-27(16-18-29)24-33-13-7-11-31-10-4-5-14-34(31)33/h3-7,9-23,25H,1,8,24H2,2H3. The molecule has 0 radical (unpaired) electrons. The fraction of sp³-hybridized carbons (Fsp3) is 0.118. The predicted octanol–water partition coefficient (Wildman–Crippen LogP) is 8.98. The molecule has 0 aliphatic heterocycles. The molecule has 1 unspecified atom stereocenters. The van der Waals surface area contributed by atoms with Gasteiger partial charge in [-0.15, -0.1) is 6.58 Å². The summed E-state index contributed by atoms with van der Waals surface area (Å²) in [6, 6.07) is 42.1. The van der Waals surface area contributed by atoms with Gasteiger partial charge >= 0.3 is 0 Å². The van der Waals surface area contributed by atoms with Crippen molar-refractivity contribution < 1.29 is 0 Å². The summed E-state index contributed by atoms with van der Waals surface area (Å²) in [7, 11) is 0. The van der Waals surface area contributed by atoms with Crippen LogP contribution in [0.3, 0.4) is 0 Å². The van der Waals surface area contributed by atoms with Gasteiger partial charge in [0.05, 0.1) is 0 Å². The molecule has 0 saturated carbocycles. The summed E-state index contributed by atoms with van der Waals surface area (Å²) in [5.74, 6) is 0.363. The molecule has 0 aromatic heterocycles. The Morgan fingerprint density at radius 2 is 1.32 bits per heavy atom. The van der Waals surface area contributed by atoms with Crippen molar-refractivity contribution in [2.45, 2.75) is 25.7 Å². The van der Waals surface area contributed by atoms with E-state index in [0.29, 0.717) is 5.92 Å². The lowest BCUT2D eigenvalue weighted by Crippen LogP contribution is -1.97. The number of allylic oxidation sites excluding steroid dienone is 1. The van der Waals surface area contributed by atoms with Crippen molar-refractivity contribution in [2.24, 2.45) is 0 Å². The van der Waals surface area contributed by atoms with E-state index in [1.165, 1.54) is 49.7 Å². The maximum Gasteiger partial charge on any atom is 0.00611 e. The summed E-state index contributed by atoms with van der Waals surface area (Å²) in [5.41, 5.74) is 9.24. The Kier molecular flexibility index (Phi) is 6.40. The SMILES string of the molecule is C=CCc1cccc(C(C)c2ccc(-c3ccc(Cc4cccc5ccccc45)cc3)cc2)c1. The molecule has 0 nitrogen and oxygen atoms in total. The number of hydrogen-bond donors (Lipinski definition) is 0. The molecule has 0 aliphatic carbocycles. The molecule has 0 spiro atoms. The molecule has 1 atom stereocenters. The van der Waals surface area contributed by atoms with Gasteiger partial charge in [-0.2, -0.15) is 0 Å². The molecule has 5 aromatic carbocycles. The summed E-state index contributed by atoms with van der Waals surface area (Å²) in [4.78, 5) is 0. The Morgan fingerprint density at radius 3 is 2.09 bits per heavy atom. The van der Waals surface area contributed by atoms with E-state index in [1.807, 2.05) is 6.08 Å². The second-order valence-electron chi connectivity index (χ2n) is 9.09. The van der Waals surface area contributed by atoms with E-state index in [1.54, 1.807) is 0 Å². The van der Waals surface area contributed by atoms with Crippen LogP contribution < -0.4 is 0 Å². The quantitative estimate of drug-likeness (QED) is 0.222. The van der Waals surface area contributed by atoms with Gasteiger partial charge in [-0.3, -0.25) is 0 Å². The van der Waals surface area contributed by atoms with Crippen molar-refractivity contribution in [3.05, 3.63) is 156 Å². The van der Waals surface area contributed by atoms with Crippen molar-refractivity contribution >= 4 is 10.8 Å². The number of rotatable bonds is 7. The lowest BCUT2D eigenvalue weighted by molar-refractivity contribution is 0.918. The molecule has 0 saturated heterocycles. The van der Waals surface area contributed by atoms with E-state index < -0.39 is 0 Å². The monoisotopic (exact) mass is 438 g/mol. The van der Waals surface area contributed by atoms with Crippen LogP contribution in [0.4, 0.5) is 0 Å². The van der Waals surface area contributed by atoms with Gasteiger partial charge in [-0.1, -0.05) is 128 Å². The lowest BCUT2D eigenvalue weighted by atomic mass is 9.90. The molecular weight excluding hydrogens is 408 g/mol. The highest BCUT2D eigenvalue weighted by atomic mass is 14.1. The van der Waals surface area contributed by atoms with Crippen LogP contribution in [-0.2, 0) is 12.8 Å². The number of hydrogen-bond acceptors (Lipinski definition) is 0. The fourth-order valence-electron chi connectivity index (χ4n) is 4.79. The van der Waals surface area contributed by atoms with Crippen LogP contribution in [0.15, 0.2) is 128 Å². The lowest BCUT2D eigenvalue weighted by Gasteiger charge is -2.14. The first-order valence-corrected chi connectivity index (χ1v) is 12.1. The third-order valence-electron chi connectivity index (χ3n) is 6.80. The van der Waals surface area contributed by atoms with Crippen molar-refractivity contribution in [1.82, 2.24) is 0 Å². The molecular formula is C34H30. The number of benzene rings is 5. The van der Waals surface area contributed by atoms with E-state index in [2.05, 4.69) is 129 Å². The normalized spacial score (nSPS) is 11.9. The summed E-state index contributed by atoms with van der Waals surface area (Å²) >= 11 is 0. The highest BCUT2D eigenvalue weighted by Crippen LogP contribution is 2.28. The minimum Gasteiger partial charge on any atom is -0.103 e. The van der Waals surface area contributed by atoms with Crippen LogP contribution in [0.1, 0.15) is 40.7 Å². The van der Waals surface area contributed by atoms with Gasteiger partial charge in [0.1, 0.15) is 0 Å². The van der Waals surface area contributed by atoms with E-state index >= 15 is 0 Å². The van der Waals surface area contributed by atoms with Crippen LogP contribution in [-0.4, -0.2) is 0 Å². The molecule has 0 aliphatic rings. The maximum absolute atomic E-state index is 3.87. The zero-order valence-corrected chi connectivity index (χ0v) is 19.7. The van der Waals surface area contributed by atoms with Gasteiger partial charge in [0.15, 0.2) is 0 Å². The number of fused-ring (bicyclic) bond motifs is 1. The molecule has 0 bridgehead atoms. The maximum atomic E-state index is 3.87. The average Bonchev–Trinajstić information content (AvgIpc) is 2.89.